The van der Waals surface area contributed by atoms with Gasteiger partial charge in [-0.25, -0.2) is 0 Å². The van der Waals surface area contributed by atoms with Crippen LogP contribution in [0.3, 0.4) is 0 Å². The molecule has 0 bridgehead atoms. The average molecular weight is 202 g/mol. The minimum Gasteiger partial charge on any atom is -0.507 e. The first-order valence-electron chi connectivity index (χ1n) is 4.75. The Kier molecular flexibility index (Phi) is 3.86. The van der Waals surface area contributed by atoms with Gasteiger partial charge >= 0.3 is 0 Å². The fourth-order valence-electron chi connectivity index (χ4n) is 1.21. The molecule has 0 unspecified atom stereocenters. The van der Waals surface area contributed by atoms with E-state index < -0.39 is 0 Å². The zero-order valence-corrected chi connectivity index (χ0v) is 8.90. The number of benzene rings is 2. The van der Waals surface area contributed by atoms with E-state index in [4.69, 9.17) is 0 Å². The van der Waals surface area contributed by atoms with Crippen LogP contribution in [0.2, 0.25) is 0 Å². The predicted molar refractivity (Wildman–Crippen MR) is 62.0 cm³/mol. The summed E-state index contributed by atoms with van der Waals surface area (Å²) >= 11 is 0. The molecular weight excluding hydrogens is 188 g/mol. The molecule has 78 valence electrons. The maximum Gasteiger partial charge on any atom is 0.126 e. The molecule has 0 heterocycles. The molecule has 0 aliphatic carbocycles. The minimum atomic E-state index is 0.167. The second kappa shape index (κ2) is 5.15. The topological polar surface area (TPSA) is 37.3 Å². The minimum absolute atomic E-state index is 0.167. The van der Waals surface area contributed by atoms with Gasteiger partial charge in [0.1, 0.15) is 11.5 Å². The summed E-state index contributed by atoms with van der Waals surface area (Å²) in [6.45, 7) is 3.06. The van der Waals surface area contributed by atoms with E-state index in [1.807, 2.05) is 36.4 Å². The van der Waals surface area contributed by atoms with Crippen molar-refractivity contribution in [3.63, 3.8) is 0 Å². The number of carbonyl (C=O) groups is 1. The van der Waals surface area contributed by atoms with Crippen LogP contribution in [-0.4, -0.2) is 10.9 Å². The number of hydrogen-bond acceptors (Lipinski definition) is 2. The largest absolute Gasteiger partial charge is 0.507 e. The fourth-order valence-corrected chi connectivity index (χ4v) is 1.21. The fraction of sp³-hybridized carbons (Fsp3) is 0.154. The van der Waals surface area contributed by atoms with Crippen molar-refractivity contribution in [2.45, 2.75) is 13.8 Å². The number of aromatic hydroxyl groups is 1. The van der Waals surface area contributed by atoms with Crippen LogP contribution >= 0.6 is 0 Å². The van der Waals surface area contributed by atoms with E-state index in [1.54, 1.807) is 6.07 Å². The zero-order valence-electron chi connectivity index (χ0n) is 8.90. The van der Waals surface area contributed by atoms with Crippen molar-refractivity contribution in [3.8, 4) is 5.75 Å². The molecule has 2 aromatic carbocycles. The number of Topliss-reactive ketones (excluding diaryl/α,β-unsaturated/α-hetero) is 1. The molecule has 0 saturated carbocycles. The van der Waals surface area contributed by atoms with Crippen LogP contribution in [0.5, 0.6) is 5.75 Å². The van der Waals surface area contributed by atoms with E-state index in [2.05, 4.69) is 0 Å². The second-order valence-corrected chi connectivity index (χ2v) is 3.41. The molecule has 1 N–H and O–H groups in total. The third kappa shape index (κ3) is 3.43. The van der Waals surface area contributed by atoms with Crippen LogP contribution in [0.15, 0.2) is 42.5 Å². The van der Waals surface area contributed by atoms with Crippen LogP contribution < -0.4 is 0 Å². The van der Waals surface area contributed by atoms with E-state index in [9.17, 15) is 9.90 Å². The van der Waals surface area contributed by atoms with E-state index in [0.717, 1.165) is 10.8 Å². The second-order valence-electron chi connectivity index (χ2n) is 3.41. The lowest BCUT2D eigenvalue weighted by Gasteiger charge is -1.97. The first-order chi connectivity index (χ1) is 7.11. The summed E-state index contributed by atoms with van der Waals surface area (Å²) in [5.74, 6) is 0.517. The van der Waals surface area contributed by atoms with Gasteiger partial charge in [-0.05, 0) is 25.3 Å². The molecule has 0 aliphatic heterocycles. The highest BCUT2D eigenvalue weighted by atomic mass is 16.3. The Morgan fingerprint density at radius 3 is 2.13 bits per heavy atom. The van der Waals surface area contributed by atoms with E-state index in [-0.39, 0.29) is 5.78 Å². The van der Waals surface area contributed by atoms with Crippen LogP contribution in [0, 0.1) is 0 Å². The first-order valence-corrected chi connectivity index (χ1v) is 4.75. The molecule has 0 saturated heterocycles. The number of rotatable bonds is 0. The lowest BCUT2D eigenvalue weighted by atomic mass is 10.1. The van der Waals surface area contributed by atoms with Crippen molar-refractivity contribution in [1.82, 2.24) is 0 Å². The molecule has 0 aliphatic rings. The quantitative estimate of drug-likeness (QED) is 0.712. The SMILES string of the molecule is CC(C)=O.Oc1cccc2ccccc12. The van der Waals surface area contributed by atoms with Gasteiger partial charge in [-0.3, -0.25) is 0 Å². The van der Waals surface area contributed by atoms with Crippen molar-refractivity contribution in [3.05, 3.63) is 42.5 Å². The van der Waals surface area contributed by atoms with Crippen LogP contribution in [-0.2, 0) is 4.79 Å². The van der Waals surface area contributed by atoms with Gasteiger partial charge in [0.05, 0.1) is 0 Å². The molecule has 0 atom stereocenters. The summed E-state index contributed by atoms with van der Waals surface area (Å²) in [5.41, 5.74) is 0. The Hall–Kier alpha value is -1.83. The lowest BCUT2D eigenvalue weighted by Crippen LogP contribution is -1.70. The van der Waals surface area contributed by atoms with Crippen molar-refractivity contribution < 1.29 is 9.90 Å². The number of carbonyl (C=O) groups excluding carboxylic acids is 1. The third-order valence-corrected chi connectivity index (χ3v) is 1.77. The average Bonchev–Trinajstić information content (AvgIpc) is 2.18. The van der Waals surface area contributed by atoms with Crippen molar-refractivity contribution in [1.29, 1.82) is 0 Å². The van der Waals surface area contributed by atoms with Crippen LogP contribution in [0.1, 0.15) is 13.8 Å². The third-order valence-electron chi connectivity index (χ3n) is 1.77. The molecule has 2 nitrogen and oxygen atoms in total. The molecular formula is C13H14O2. The maximum absolute atomic E-state index is 9.44. The number of phenols is 1. The lowest BCUT2D eigenvalue weighted by molar-refractivity contribution is -0.114. The molecule has 0 amide bonds. The molecule has 15 heavy (non-hydrogen) atoms. The van der Waals surface area contributed by atoms with Gasteiger partial charge in [0.2, 0.25) is 0 Å². The summed E-state index contributed by atoms with van der Waals surface area (Å²) in [7, 11) is 0. The number of ketones is 1. The first kappa shape index (κ1) is 11.2. The monoisotopic (exact) mass is 202 g/mol. The van der Waals surface area contributed by atoms with E-state index in [0.29, 0.717) is 5.75 Å². The molecule has 2 aromatic rings. The summed E-state index contributed by atoms with van der Waals surface area (Å²) in [5, 5.41) is 11.4. The Bertz CT molecular complexity index is 452. The smallest absolute Gasteiger partial charge is 0.126 e. The number of phenolic OH excluding ortho intramolecular Hbond substituents is 1. The highest BCUT2D eigenvalue weighted by Gasteiger charge is 1.94. The van der Waals surface area contributed by atoms with E-state index in [1.165, 1.54) is 13.8 Å². The van der Waals surface area contributed by atoms with Crippen molar-refractivity contribution >= 4 is 16.6 Å². The molecule has 0 radical (unpaired) electrons. The van der Waals surface area contributed by atoms with Gasteiger partial charge < -0.3 is 9.90 Å². The number of fused-ring (bicyclic) bond motifs is 1. The van der Waals surface area contributed by atoms with Gasteiger partial charge in [-0.2, -0.15) is 0 Å². The predicted octanol–water partition coefficient (Wildman–Crippen LogP) is 3.14. The van der Waals surface area contributed by atoms with Crippen molar-refractivity contribution in [2.24, 2.45) is 0 Å². The Morgan fingerprint density at radius 2 is 1.53 bits per heavy atom. The van der Waals surface area contributed by atoms with Gasteiger partial charge in [0.25, 0.3) is 0 Å². The molecule has 0 spiro atoms. The molecule has 0 aromatic heterocycles. The standard InChI is InChI=1S/C10H8O.C3H6O/c11-10-7-3-5-8-4-1-2-6-9(8)10;1-3(2)4/h1-7,11H;1-2H3. The maximum atomic E-state index is 9.44. The highest BCUT2D eigenvalue weighted by molar-refractivity contribution is 5.87. The Labute approximate surface area is 89.2 Å². The summed E-state index contributed by atoms with van der Waals surface area (Å²) in [6, 6.07) is 13.3. The van der Waals surface area contributed by atoms with Crippen LogP contribution in [0.25, 0.3) is 10.8 Å². The van der Waals surface area contributed by atoms with Crippen LogP contribution in [0.4, 0.5) is 0 Å². The molecule has 2 rings (SSSR count). The van der Waals surface area contributed by atoms with Crippen molar-refractivity contribution in [2.75, 3.05) is 0 Å². The summed E-state index contributed by atoms with van der Waals surface area (Å²) in [4.78, 5) is 9.44. The Morgan fingerprint density at radius 1 is 1.00 bits per heavy atom. The normalized spacial score (nSPS) is 9.20. The number of hydrogen-bond donors (Lipinski definition) is 1. The van der Waals surface area contributed by atoms with E-state index >= 15 is 0 Å². The molecule has 0 fully saturated rings. The summed E-state index contributed by atoms with van der Waals surface area (Å²) < 4.78 is 0. The van der Waals surface area contributed by atoms with Gasteiger partial charge in [0, 0.05) is 5.39 Å². The Balaban J connectivity index is 0.000000245. The summed E-state index contributed by atoms with van der Waals surface area (Å²) in [6.07, 6.45) is 0. The molecule has 2 heteroatoms. The zero-order chi connectivity index (χ0) is 11.3. The highest BCUT2D eigenvalue weighted by Crippen LogP contribution is 2.22. The van der Waals surface area contributed by atoms with Gasteiger partial charge in [-0.15, -0.1) is 0 Å². The van der Waals surface area contributed by atoms with Gasteiger partial charge in [0.15, 0.2) is 0 Å². The van der Waals surface area contributed by atoms with Gasteiger partial charge in [-0.1, -0.05) is 36.4 Å².